The fraction of sp³-hybridized carbons (Fsp3) is 0.100. The summed E-state index contributed by atoms with van der Waals surface area (Å²) in [6.07, 6.45) is 1.84. The number of carbonyl (C=O) groups excluding carboxylic acids is 1. The number of halogens is 1. The van der Waals surface area contributed by atoms with Gasteiger partial charge in [-0.15, -0.1) is 0 Å². The van der Waals surface area contributed by atoms with E-state index in [1.54, 1.807) is 32.2 Å². The molecular weight excluding hydrogens is 611 g/mol. The van der Waals surface area contributed by atoms with Crippen LogP contribution < -0.4 is 4.74 Å². The van der Waals surface area contributed by atoms with Gasteiger partial charge >= 0.3 is 5.97 Å². The molecule has 1 aliphatic heterocycles. The zero-order valence-corrected chi connectivity index (χ0v) is 23.6. The number of carboxylic acids is 1. The number of benzene rings is 4. The minimum absolute atomic E-state index is 0.160. The van der Waals surface area contributed by atoms with Gasteiger partial charge in [0.2, 0.25) is 0 Å². The van der Waals surface area contributed by atoms with Gasteiger partial charge in [0, 0.05) is 7.05 Å². The minimum atomic E-state index is -1.01. The van der Waals surface area contributed by atoms with E-state index in [1.165, 1.54) is 27.4 Å². The molecule has 4 aromatic carbocycles. The summed E-state index contributed by atoms with van der Waals surface area (Å²) in [5, 5.41) is 12.2. The van der Waals surface area contributed by atoms with Crippen molar-refractivity contribution < 1.29 is 19.4 Å². The SMILES string of the molecule is Cc1c(N=C2S/C(=C\c3ccc(OCc4cccc5ccccc45)c(I)c3)C(=O)N2C)cccc1C(=O)O. The Bertz CT molecular complexity index is 1640. The zero-order chi connectivity index (χ0) is 26.8. The van der Waals surface area contributed by atoms with Gasteiger partial charge in [-0.05, 0) is 99.1 Å². The predicted molar refractivity (Wildman–Crippen MR) is 161 cm³/mol. The summed E-state index contributed by atoms with van der Waals surface area (Å²) < 4.78 is 7.09. The Morgan fingerprint density at radius 3 is 2.63 bits per heavy atom. The highest BCUT2D eigenvalue weighted by atomic mass is 127. The van der Waals surface area contributed by atoms with Crippen LogP contribution >= 0.6 is 34.4 Å². The Morgan fingerprint density at radius 2 is 1.84 bits per heavy atom. The van der Waals surface area contributed by atoms with Crippen LogP contribution in [0.4, 0.5) is 5.69 Å². The molecule has 1 N–H and O–H groups in total. The fourth-order valence-corrected chi connectivity index (χ4v) is 5.85. The summed E-state index contributed by atoms with van der Waals surface area (Å²) >= 11 is 3.51. The lowest BCUT2D eigenvalue weighted by Gasteiger charge is -2.11. The second-order valence-electron chi connectivity index (χ2n) is 8.74. The van der Waals surface area contributed by atoms with Crippen molar-refractivity contribution in [2.24, 2.45) is 4.99 Å². The van der Waals surface area contributed by atoms with Gasteiger partial charge in [0.25, 0.3) is 5.91 Å². The number of carboxylic acid groups (broad SMARTS) is 1. The minimum Gasteiger partial charge on any atom is -0.488 e. The van der Waals surface area contributed by atoms with Gasteiger partial charge in [-0.25, -0.2) is 9.79 Å². The Morgan fingerprint density at radius 1 is 1.08 bits per heavy atom. The fourth-order valence-electron chi connectivity index (χ4n) is 4.18. The number of hydrogen-bond donors (Lipinski definition) is 1. The Labute approximate surface area is 238 Å². The number of aromatic carboxylic acids is 1. The van der Waals surface area contributed by atoms with Gasteiger partial charge in [-0.3, -0.25) is 9.69 Å². The van der Waals surface area contributed by atoms with Crippen LogP contribution in [0.3, 0.4) is 0 Å². The summed E-state index contributed by atoms with van der Waals surface area (Å²) in [4.78, 5) is 31.0. The van der Waals surface area contributed by atoms with Crippen molar-refractivity contribution in [3.8, 4) is 5.75 Å². The highest BCUT2D eigenvalue weighted by molar-refractivity contribution is 14.1. The maximum absolute atomic E-state index is 12.9. The summed E-state index contributed by atoms with van der Waals surface area (Å²) in [6, 6.07) is 25.2. The Balaban J connectivity index is 1.34. The monoisotopic (exact) mass is 634 g/mol. The lowest BCUT2D eigenvalue weighted by atomic mass is 10.1. The van der Waals surface area contributed by atoms with Crippen LogP contribution in [0.15, 0.2) is 88.8 Å². The van der Waals surface area contributed by atoms with Gasteiger partial charge in [0.15, 0.2) is 5.17 Å². The first-order chi connectivity index (χ1) is 18.3. The number of amidine groups is 1. The predicted octanol–water partition coefficient (Wildman–Crippen LogP) is 7.26. The van der Waals surface area contributed by atoms with Crippen LogP contribution in [0, 0.1) is 10.5 Å². The number of fused-ring (bicyclic) bond motifs is 1. The molecule has 0 aromatic heterocycles. The lowest BCUT2D eigenvalue weighted by Crippen LogP contribution is -2.23. The second kappa shape index (κ2) is 11.0. The summed E-state index contributed by atoms with van der Waals surface area (Å²) in [6.45, 7) is 2.17. The van der Waals surface area contributed by atoms with E-state index in [0.717, 1.165) is 20.4 Å². The first-order valence-corrected chi connectivity index (χ1v) is 13.7. The third kappa shape index (κ3) is 5.32. The van der Waals surface area contributed by atoms with Crippen LogP contribution in [0.2, 0.25) is 0 Å². The summed E-state index contributed by atoms with van der Waals surface area (Å²) in [7, 11) is 1.67. The summed E-state index contributed by atoms with van der Waals surface area (Å²) in [5.41, 5.74) is 3.27. The first-order valence-electron chi connectivity index (χ1n) is 11.8. The van der Waals surface area contributed by atoms with E-state index in [0.29, 0.717) is 27.9 Å². The second-order valence-corrected chi connectivity index (χ2v) is 10.9. The van der Waals surface area contributed by atoms with Crippen molar-refractivity contribution in [2.75, 3.05) is 7.05 Å². The van der Waals surface area contributed by atoms with E-state index in [1.807, 2.05) is 42.5 Å². The van der Waals surface area contributed by atoms with Gasteiger partial charge in [0.1, 0.15) is 12.4 Å². The number of aliphatic imine (C=N–C) groups is 1. The van der Waals surface area contributed by atoms with Crippen LogP contribution in [0.5, 0.6) is 5.75 Å². The smallest absolute Gasteiger partial charge is 0.336 e. The molecule has 1 aliphatic rings. The standard InChI is InChI=1S/C30H23IN2O4S/c1-18-22(29(35)36)11-6-12-25(18)32-30-33(2)28(34)27(38-30)16-19-13-14-26(24(31)15-19)37-17-21-9-5-8-20-7-3-4-10-23(20)21/h3-16H,17H2,1-2H3,(H,35,36)/b27-16-,32-30?. The normalized spacial score (nSPS) is 15.6. The van der Waals surface area contributed by atoms with Crippen molar-refractivity contribution in [1.82, 2.24) is 4.90 Å². The zero-order valence-electron chi connectivity index (χ0n) is 20.6. The number of likely N-dealkylation sites (N-methyl/N-ethyl adjacent to an activating group) is 1. The molecule has 190 valence electrons. The van der Waals surface area contributed by atoms with Crippen LogP contribution in [0.25, 0.3) is 16.8 Å². The molecule has 1 amide bonds. The van der Waals surface area contributed by atoms with Crippen LogP contribution in [-0.2, 0) is 11.4 Å². The van der Waals surface area contributed by atoms with E-state index >= 15 is 0 Å². The molecule has 0 atom stereocenters. The number of hydrogen-bond acceptors (Lipinski definition) is 5. The van der Waals surface area contributed by atoms with Crippen molar-refractivity contribution >= 4 is 73.9 Å². The maximum atomic E-state index is 12.9. The van der Waals surface area contributed by atoms with E-state index < -0.39 is 5.97 Å². The summed E-state index contributed by atoms with van der Waals surface area (Å²) in [5.74, 6) is -0.390. The topological polar surface area (TPSA) is 79.2 Å². The molecule has 1 fully saturated rings. The van der Waals surface area contributed by atoms with E-state index in [9.17, 15) is 14.7 Å². The van der Waals surface area contributed by atoms with Crippen molar-refractivity contribution in [3.05, 3.63) is 110 Å². The largest absolute Gasteiger partial charge is 0.488 e. The average Bonchev–Trinajstić information content (AvgIpc) is 3.16. The molecule has 0 radical (unpaired) electrons. The van der Waals surface area contributed by atoms with Crippen LogP contribution in [0.1, 0.15) is 27.0 Å². The number of carbonyl (C=O) groups is 2. The van der Waals surface area contributed by atoms with Gasteiger partial charge in [-0.2, -0.15) is 0 Å². The molecule has 4 aromatic rings. The van der Waals surface area contributed by atoms with Gasteiger partial charge in [-0.1, -0.05) is 54.6 Å². The molecule has 1 saturated heterocycles. The number of ether oxygens (including phenoxy) is 1. The Hall–Kier alpha value is -3.63. The highest BCUT2D eigenvalue weighted by Gasteiger charge is 2.30. The van der Waals surface area contributed by atoms with Gasteiger partial charge in [0.05, 0.1) is 19.7 Å². The number of amides is 1. The number of rotatable bonds is 6. The number of thioether (sulfide) groups is 1. The first kappa shape index (κ1) is 26.0. The molecule has 6 nitrogen and oxygen atoms in total. The van der Waals surface area contributed by atoms with Crippen LogP contribution in [-0.4, -0.2) is 34.1 Å². The molecule has 0 aliphatic carbocycles. The quantitative estimate of drug-likeness (QED) is 0.178. The molecule has 0 saturated carbocycles. The Kier molecular flexibility index (Phi) is 7.53. The van der Waals surface area contributed by atoms with Gasteiger partial charge < -0.3 is 9.84 Å². The third-order valence-electron chi connectivity index (χ3n) is 6.27. The molecular formula is C30H23IN2O4S. The molecule has 8 heteroatoms. The van der Waals surface area contributed by atoms with E-state index in [2.05, 4.69) is 51.8 Å². The highest BCUT2D eigenvalue weighted by Crippen LogP contribution is 2.35. The third-order valence-corrected chi connectivity index (χ3v) is 8.18. The lowest BCUT2D eigenvalue weighted by molar-refractivity contribution is -0.121. The van der Waals surface area contributed by atoms with Crippen molar-refractivity contribution in [2.45, 2.75) is 13.5 Å². The van der Waals surface area contributed by atoms with E-state index in [4.69, 9.17) is 4.74 Å². The average molecular weight is 634 g/mol. The molecule has 0 bridgehead atoms. The maximum Gasteiger partial charge on any atom is 0.336 e. The molecule has 0 unspecified atom stereocenters. The molecule has 1 heterocycles. The van der Waals surface area contributed by atoms with Crippen molar-refractivity contribution in [1.29, 1.82) is 0 Å². The number of nitrogens with zero attached hydrogens (tertiary/aromatic N) is 2. The molecule has 5 rings (SSSR count). The molecule has 0 spiro atoms. The van der Waals surface area contributed by atoms with E-state index in [-0.39, 0.29) is 11.5 Å². The van der Waals surface area contributed by atoms with Crippen molar-refractivity contribution in [3.63, 3.8) is 0 Å². The molecule has 38 heavy (non-hydrogen) atoms.